The fourth-order valence-corrected chi connectivity index (χ4v) is 3.13. The molecule has 0 aromatic heterocycles. The number of nitrogens with one attached hydrogen (secondary N) is 1. The van der Waals surface area contributed by atoms with Gasteiger partial charge in [0.1, 0.15) is 0 Å². The van der Waals surface area contributed by atoms with Crippen LogP contribution in [-0.2, 0) is 0 Å². The molecule has 0 aromatic rings. The van der Waals surface area contributed by atoms with Gasteiger partial charge in [0.05, 0.1) is 0 Å². The molecule has 2 rings (SSSR count). The van der Waals surface area contributed by atoms with Crippen molar-refractivity contribution in [3.05, 3.63) is 0 Å². The van der Waals surface area contributed by atoms with Gasteiger partial charge in [-0.05, 0) is 51.1 Å². The van der Waals surface area contributed by atoms with Gasteiger partial charge in [0, 0.05) is 25.7 Å². The molecule has 0 radical (unpaired) electrons. The van der Waals surface area contributed by atoms with Gasteiger partial charge in [-0.25, -0.2) is 0 Å². The molecule has 0 amide bonds. The van der Waals surface area contributed by atoms with Gasteiger partial charge in [-0.15, -0.1) is 0 Å². The van der Waals surface area contributed by atoms with Crippen LogP contribution in [-0.4, -0.2) is 48.8 Å². The summed E-state index contributed by atoms with van der Waals surface area (Å²) in [5, 5.41) is 12.6. The Bertz CT molecular complexity index is 190. The lowest BCUT2D eigenvalue weighted by Crippen LogP contribution is -2.46. The van der Waals surface area contributed by atoms with Gasteiger partial charge in [0.25, 0.3) is 0 Å². The fourth-order valence-electron chi connectivity index (χ4n) is 3.13. The predicted molar refractivity (Wildman–Crippen MR) is 66.5 cm³/mol. The van der Waals surface area contributed by atoms with E-state index in [1.54, 1.807) is 0 Å². The smallest absolute Gasteiger partial charge is 0.0434 e. The highest BCUT2D eigenvalue weighted by Gasteiger charge is 2.22. The molecule has 0 saturated carbocycles. The highest BCUT2D eigenvalue weighted by Crippen LogP contribution is 2.20. The van der Waals surface area contributed by atoms with Crippen LogP contribution >= 0.6 is 0 Å². The minimum absolute atomic E-state index is 0.361. The molecular weight excluding hydrogens is 200 g/mol. The highest BCUT2D eigenvalue weighted by atomic mass is 16.3. The fraction of sp³-hybridized carbons (Fsp3) is 1.00. The summed E-state index contributed by atoms with van der Waals surface area (Å²) >= 11 is 0. The van der Waals surface area contributed by atoms with E-state index in [1.165, 1.54) is 58.3 Å². The molecule has 3 nitrogen and oxygen atoms in total. The molecule has 2 saturated heterocycles. The van der Waals surface area contributed by atoms with Crippen LogP contribution in [0.15, 0.2) is 0 Å². The maximum Gasteiger partial charge on any atom is 0.0434 e. The van der Waals surface area contributed by atoms with Crippen LogP contribution < -0.4 is 5.32 Å². The number of nitrogens with zero attached hydrogens (tertiary/aromatic N) is 1. The Morgan fingerprint density at radius 2 is 2.12 bits per heavy atom. The molecule has 2 N–H and O–H groups in total. The average molecular weight is 226 g/mol. The molecule has 2 aliphatic heterocycles. The largest absolute Gasteiger partial charge is 0.396 e. The molecule has 0 aromatic carbocycles. The number of likely N-dealkylation sites (tertiary alicyclic amines) is 1. The van der Waals surface area contributed by atoms with E-state index in [9.17, 15) is 0 Å². The molecule has 94 valence electrons. The summed E-state index contributed by atoms with van der Waals surface area (Å²) < 4.78 is 0. The van der Waals surface area contributed by atoms with E-state index in [0.717, 1.165) is 18.4 Å². The van der Waals surface area contributed by atoms with Crippen molar-refractivity contribution < 1.29 is 5.11 Å². The number of aliphatic hydroxyl groups excluding tert-OH is 1. The SMILES string of the molecule is OCCC1CCCN(CC2CCCCN2)C1. The lowest BCUT2D eigenvalue weighted by atomic mass is 9.94. The van der Waals surface area contributed by atoms with Crippen molar-refractivity contribution in [2.45, 2.75) is 44.6 Å². The zero-order chi connectivity index (χ0) is 11.2. The monoisotopic (exact) mass is 226 g/mol. The van der Waals surface area contributed by atoms with Gasteiger partial charge in [-0.1, -0.05) is 6.42 Å². The van der Waals surface area contributed by atoms with Crippen molar-refractivity contribution in [2.24, 2.45) is 5.92 Å². The molecule has 2 fully saturated rings. The summed E-state index contributed by atoms with van der Waals surface area (Å²) in [7, 11) is 0. The molecule has 0 spiro atoms. The highest BCUT2D eigenvalue weighted by molar-refractivity contribution is 4.80. The summed E-state index contributed by atoms with van der Waals surface area (Å²) in [5.41, 5.74) is 0. The molecule has 16 heavy (non-hydrogen) atoms. The summed E-state index contributed by atoms with van der Waals surface area (Å²) in [6.07, 6.45) is 7.72. The van der Waals surface area contributed by atoms with E-state index in [0.29, 0.717) is 6.61 Å². The quantitative estimate of drug-likeness (QED) is 0.756. The predicted octanol–water partition coefficient (Wildman–Crippen LogP) is 1.22. The second kappa shape index (κ2) is 6.58. The number of aliphatic hydroxyl groups is 1. The van der Waals surface area contributed by atoms with Gasteiger partial charge in [0.15, 0.2) is 0 Å². The molecule has 2 unspecified atom stereocenters. The van der Waals surface area contributed by atoms with Gasteiger partial charge >= 0.3 is 0 Å². The number of piperidine rings is 2. The number of hydrogen-bond acceptors (Lipinski definition) is 3. The Hall–Kier alpha value is -0.120. The molecule has 2 aliphatic rings. The van der Waals surface area contributed by atoms with Crippen LogP contribution in [0.5, 0.6) is 0 Å². The standard InChI is InChI=1S/C13H26N2O/c16-9-6-12-4-3-8-15(10-12)11-13-5-1-2-7-14-13/h12-14,16H,1-11H2. The maximum atomic E-state index is 9.00. The Kier molecular flexibility index (Phi) is 5.07. The molecule has 2 heterocycles. The van der Waals surface area contributed by atoms with Gasteiger partial charge in [-0.3, -0.25) is 0 Å². The first-order valence-electron chi connectivity index (χ1n) is 6.95. The zero-order valence-electron chi connectivity index (χ0n) is 10.3. The normalized spacial score (nSPS) is 32.8. The topological polar surface area (TPSA) is 35.5 Å². The lowest BCUT2D eigenvalue weighted by molar-refractivity contribution is 0.132. The average Bonchev–Trinajstić information content (AvgIpc) is 2.31. The van der Waals surface area contributed by atoms with Crippen molar-refractivity contribution in [1.82, 2.24) is 10.2 Å². The number of hydrogen-bond donors (Lipinski definition) is 2. The third-order valence-corrected chi connectivity index (χ3v) is 4.03. The van der Waals surface area contributed by atoms with Crippen molar-refractivity contribution in [2.75, 3.05) is 32.8 Å². The van der Waals surface area contributed by atoms with E-state index in [1.807, 2.05) is 0 Å². The van der Waals surface area contributed by atoms with Crippen LogP contribution in [0.3, 0.4) is 0 Å². The molecular formula is C13H26N2O. The van der Waals surface area contributed by atoms with E-state index in [-0.39, 0.29) is 0 Å². The van der Waals surface area contributed by atoms with E-state index >= 15 is 0 Å². The van der Waals surface area contributed by atoms with Crippen molar-refractivity contribution in [3.8, 4) is 0 Å². The van der Waals surface area contributed by atoms with Crippen LogP contribution in [0.4, 0.5) is 0 Å². The van der Waals surface area contributed by atoms with E-state index in [4.69, 9.17) is 5.11 Å². The van der Waals surface area contributed by atoms with Crippen molar-refractivity contribution >= 4 is 0 Å². The second-order valence-electron chi connectivity index (χ2n) is 5.43. The Morgan fingerprint density at radius 1 is 1.19 bits per heavy atom. The Balaban J connectivity index is 1.71. The van der Waals surface area contributed by atoms with Crippen LogP contribution in [0.1, 0.15) is 38.5 Å². The Morgan fingerprint density at radius 3 is 2.88 bits per heavy atom. The number of rotatable bonds is 4. The summed E-state index contributed by atoms with van der Waals surface area (Å²) in [6, 6.07) is 0.724. The molecule has 3 heteroatoms. The zero-order valence-corrected chi connectivity index (χ0v) is 10.3. The maximum absolute atomic E-state index is 9.00. The van der Waals surface area contributed by atoms with Crippen LogP contribution in [0.2, 0.25) is 0 Å². The van der Waals surface area contributed by atoms with E-state index < -0.39 is 0 Å². The summed E-state index contributed by atoms with van der Waals surface area (Å²) in [6.45, 7) is 5.26. The minimum Gasteiger partial charge on any atom is -0.396 e. The second-order valence-corrected chi connectivity index (χ2v) is 5.43. The van der Waals surface area contributed by atoms with Gasteiger partial charge in [0.2, 0.25) is 0 Å². The molecule has 0 aliphatic carbocycles. The first kappa shape index (κ1) is 12.3. The molecule has 0 bridgehead atoms. The van der Waals surface area contributed by atoms with Gasteiger partial charge in [-0.2, -0.15) is 0 Å². The van der Waals surface area contributed by atoms with Crippen molar-refractivity contribution in [1.29, 1.82) is 0 Å². The van der Waals surface area contributed by atoms with Gasteiger partial charge < -0.3 is 15.3 Å². The van der Waals surface area contributed by atoms with E-state index in [2.05, 4.69) is 10.2 Å². The Labute approximate surface area is 99.2 Å². The van der Waals surface area contributed by atoms with Crippen LogP contribution in [0.25, 0.3) is 0 Å². The first-order valence-corrected chi connectivity index (χ1v) is 6.95. The summed E-state index contributed by atoms with van der Waals surface area (Å²) in [5.74, 6) is 0.738. The minimum atomic E-state index is 0.361. The summed E-state index contributed by atoms with van der Waals surface area (Å²) in [4.78, 5) is 2.60. The third-order valence-electron chi connectivity index (χ3n) is 4.03. The van der Waals surface area contributed by atoms with Crippen molar-refractivity contribution in [3.63, 3.8) is 0 Å². The molecule has 2 atom stereocenters. The lowest BCUT2D eigenvalue weighted by Gasteiger charge is -2.36. The third kappa shape index (κ3) is 3.72. The van der Waals surface area contributed by atoms with Crippen LogP contribution in [0, 0.1) is 5.92 Å². The first-order chi connectivity index (χ1) is 7.88.